The molecule has 4 heteroatoms. The second-order valence-electron chi connectivity index (χ2n) is 6.25. The molecule has 1 aromatic heterocycles. The van der Waals surface area contributed by atoms with Crippen LogP contribution in [0.2, 0.25) is 0 Å². The Hall–Kier alpha value is -2.36. The zero-order valence-corrected chi connectivity index (χ0v) is 14.5. The van der Waals surface area contributed by atoms with Crippen LogP contribution in [0.25, 0.3) is 0 Å². The number of para-hydroxylation sites is 1. The Kier molecular flexibility index (Phi) is 5.14. The fourth-order valence-electron chi connectivity index (χ4n) is 3.34. The highest BCUT2D eigenvalue weighted by Gasteiger charge is 2.22. The minimum Gasteiger partial charge on any atom is -0.340 e. The third kappa shape index (κ3) is 3.28. The van der Waals surface area contributed by atoms with Gasteiger partial charge in [-0.05, 0) is 37.0 Å². The van der Waals surface area contributed by atoms with Crippen molar-refractivity contribution in [3.63, 3.8) is 0 Å². The van der Waals surface area contributed by atoms with Gasteiger partial charge in [-0.3, -0.25) is 9.78 Å². The summed E-state index contributed by atoms with van der Waals surface area (Å²) in [7, 11) is 0. The van der Waals surface area contributed by atoms with Crippen molar-refractivity contribution in [1.82, 2.24) is 9.88 Å². The fraction of sp³-hybridized carbons (Fsp3) is 0.400. The fourth-order valence-corrected chi connectivity index (χ4v) is 3.34. The number of hydrogen-bond acceptors (Lipinski definition) is 3. The summed E-state index contributed by atoms with van der Waals surface area (Å²) in [5.41, 5.74) is 4.26. The molecular weight excluding hydrogens is 298 g/mol. The van der Waals surface area contributed by atoms with Crippen molar-refractivity contribution < 1.29 is 4.79 Å². The molecule has 0 bridgehead atoms. The Morgan fingerprint density at radius 1 is 1.17 bits per heavy atom. The lowest BCUT2D eigenvalue weighted by molar-refractivity contribution is 0.0755. The van der Waals surface area contributed by atoms with Crippen molar-refractivity contribution in [2.45, 2.75) is 33.1 Å². The number of carbonyl (C=O) groups excluding carboxylic acids is 1. The van der Waals surface area contributed by atoms with E-state index in [2.05, 4.69) is 48.0 Å². The summed E-state index contributed by atoms with van der Waals surface area (Å²) < 4.78 is 0. The predicted octanol–water partition coefficient (Wildman–Crippen LogP) is 4.04. The number of fused-ring (bicyclic) bond motifs is 1. The molecule has 1 aliphatic heterocycles. The molecule has 0 unspecified atom stereocenters. The van der Waals surface area contributed by atoms with Crippen molar-refractivity contribution in [2.75, 3.05) is 24.5 Å². The number of nitrogens with zero attached hydrogens (tertiary/aromatic N) is 3. The minimum absolute atomic E-state index is 0.0838. The maximum absolute atomic E-state index is 12.8. The van der Waals surface area contributed by atoms with E-state index in [1.165, 1.54) is 11.3 Å². The molecule has 126 valence electrons. The normalized spacial score (nSPS) is 13.0. The molecule has 0 spiro atoms. The van der Waals surface area contributed by atoms with Crippen LogP contribution in [-0.2, 0) is 6.42 Å². The topological polar surface area (TPSA) is 36.4 Å². The quantitative estimate of drug-likeness (QED) is 0.805. The molecule has 0 saturated heterocycles. The van der Waals surface area contributed by atoms with E-state index in [1.807, 2.05) is 17.2 Å². The highest BCUT2D eigenvalue weighted by molar-refractivity contribution is 5.95. The summed E-state index contributed by atoms with van der Waals surface area (Å²) >= 11 is 0. The van der Waals surface area contributed by atoms with Gasteiger partial charge in [0.1, 0.15) is 0 Å². The van der Waals surface area contributed by atoms with E-state index in [-0.39, 0.29) is 5.91 Å². The van der Waals surface area contributed by atoms with Gasteiger partial charge in [0.2, 0.25) is 0 Å². The Bertz CT molecular complexity index is 708. The number of pyridine rings is 1. The van der Waals surface area contributed by atoms with Crippen LogP contribution in [0.1, 0.15) is 42.6 Å². The van der Waals surface area contributed by atoms with Crippen molar-refractivity contribution in [2.24, 2.45) is 0 Å². The minimum atomic E-state index is 0.0838. The molecule has 2 aromatic rings. The lowest BCUT2D eigenvalue weighted by Gasteiger charge is -2.23. The lowest BCUT2D eigenvalue weighted by Crippen LogP contribution is -2.32. The molecule has 4 nitrogen and oxygen atoms in total. The number of anilines is 2. The van der Waals surface area contributed by atoms with Gasteiger partial charge in [0, 0.05) is 31.5 Å². The first-order chi connectivity index (χ1) is 11.7. The Morgan fingerprint density at radius 3 is 2.67 bits per heavy atom. The largest absolute Gasteiger partial charge is 0.340 e. The van der Waals surface area contributed by atoms with Crippen LogP contribution in [0.5, 0.6) is 0 Å². The average Bonchev–Trinajstić information content (AvgIpc) is 3.05. The van der Waals surface area contributed by atoms with Gasteiger partial charge in [0.05, 0.1) is 17.4 Å². The van der Waals surface area contributed by atoms with Crippen molar-refractivity contribution in [3.05, 3.63) is 53.9 Å². The van der Waals surface area contributed by atoms with E-state index in [9.17, 15) is 4.79 Å². The summed E-state index contributed by atoms with van der Waals surface area (Å²) in [6.07, 6.45) is 6.51. The second-order valence-corrected chi connectivity index (χ2v) is 6.25. The summed E-state index contributed by atoms with van der Waals surface area (Å²) in [6, 6.07) is 10.4. The van der Waals surface area contributed by atoms with E-state index in [1.54, 1.807) is 6.20 Å². The number of amides is 1. The Morgan fingerprint density at radius 2 is 1.92 bits per heavy atom. The molecule has 0 N–H and O–H groups in total. The molecule has 0 atom stereocenters. The Labute approximate surface area is 144 Å². The first kappa shape index (κ1) is 16.5. The van der Waals surface area contributed by atoms with E-state index >= 15 is 0 Å². The average molecular weight is 323 g/mol. The van der Waals surface area contributed by atoms with Gasteiger partial charge in [-0.1, -0.05) is 32.0 Å². The van der Waals surface area contributed by atoms with Crippen LogP contribution in [0.3, 0.4) is 0 Å². The number of benzene rings is 1. The van der Waals surface area contributed by atoms with E-state index in [0.29, 0.717) is 5.56 Å². The standard InChI is InChI=1S/C20H25N3O/c1-3-10-22(11-4-2)20(24)17-13-18(15-21-14-17)23-12-9-16-7-5-6-8-19(16)23/h5-8,13-15H,3-4,9-12H2,1-2H3. The Balaban J connectivity index is 1.86. The van der Waals surface area contributed by atoms with Crippen LogP contribution >= 0.6 is 0 Å². The third-order valence-electron chi connectivity index (χ3n) is 4.44. The smallest absolute Gasteiger partial charge is 0.255 e. The molecule has 0 saturated carbocycles. The van der Waals surface area contributed by atoms with E-state index in [4.69, 9.17) is 0 Å². The first-order valence-electron chi connectivity index (χ1n) is 8.84. The molecule has 0 aliphatic carbocycles. The van der Waals surface area contributed by atoms with Crippen LogP contribution < -0.4 is 4.90 Å². The summed E-state index contributed by atoms with van der Waals surface area (Å²) in [5, 5.41) is 0. The number of hydrogen-bond donors (Lipinski definition) is 0. The van der Waals surface area contributed by atoms with Gasteiger partial charge < -0.3 is 9.80 Å². The molecule has 1 aromatic carbocycles. The van der Waals surface area contributed by atoms with Gasteiger partial charge in [0.25, 0.3) is 5.91 Å². The molecule has 0 fully saturated rings. The lowest BCUT2D eigenvalue weighted by atomic mass is 10.1. The molecule has 2 heterocycles. The zero-order chi connectivity index (χ0) is 16.9. The van der Waals surface area contributed by atoms with Gasteiger partial charge in [0.15, 0.2) is 0 Å². The molecule has 24 heavy (non-hydrogen) atoms. The van der Waals surface area contributed by atoms with E-state index < -0.39 is 0 Å². The SMILES string of the molecule is CCCN(CCC)C(=O)c1cncc(N2CCc3ccccc32)c1. The van der Waals surface area contributed by atoms with Crippen LogP contribution in [-0.4, -0.2) is 35.4 Å². The second kappa shape index (κ2) is 7.47. The van der Waals surface area contributed by atoms with Gasteiger partial charge in [-0.15, -0.1) is 0 Å². The van der Waals surface area contributed by atoms with Crippen molar-refractivity contribution in [3.8, 4) is 0 Å². The number of carbonyl (C=O) groups is 1. The third-order valence-corrected chi connectivity index (χ3v) is 4.44. The molecule has 1 amide bonds. The van der Waals surface area contributed by atoms with Gasteiger partial charge >= 0.3 is 0 Å². The highest BCUT2D eigenvalue weighted by Crippen LogP contribution is 2.34. The van der Waals surface area contributed by atoms with Crippen LogP contribution in [0.4, 0.5) is 11.4 Å². The summed E-state index contributed by atoms with van der Waals surface area (Å²) in [5.74, 6) is 0.0838. The maximum atomic E-state index is 12.8. The van der Waals surface area contributed by atoms with Crippen LogP contribution in [0, 0.1) is 0 Å². The predicted molar refractivity (Wildman–Crippen MR) is 97.9 cm³/mol. The maximum Gasteiger partial charge on any atom is 0.255 e. The highest BCUT2D eigenvalue weighted by atomic mass is 16.2. The monoisotopic (exact) mass is 323 g/mol. The number of aromatic nitrogens is 1. The molecule has 0 radical (unpaired) electrons. The first-order valence-corrected chi connectivity index (χ1v) is 8.84. The number of rotatable bonds is 6. The van der Waals surface area contributed by atoms with Gasteiger partial charge in [-0.25, -0.2) is 0 Å². The molecule has 1 aliphatic rings. The van der Waals surface area contributed by atoms with Gasteiger partial charge in [-0.2, -0.15) is 0 Å². The van der Waals surface area contributed by atoms with Crippen LogP contribution in [0.15, 0.2) is 42.7 Å². The van der Waals surface area contributed by atoms with Crippen molar-refractivity contribution >= 4 is 17.3 Å². The summed E-state index contributed by atoms with van der Waals surface area (Å²) in [6.45, 7) is 6.73. The van der Waals surface area contributed by atoms with Crippen molar-refractivity contribution in [1.29, 1.82) is 0 Å². The van der Waals surface area contributed by atoms with E-state index in [0.717, 1.165) is 44.6 Å². The summed E-state index contributed by atoms with van der Waals surface area (Å²) in [4.78, 5) is 21.3. The molecular formula is C20H25N3O. The zero-order valence-electron chi connectivity index (χ0n) is 14.5. The molecule has 3 rings (SSSR count).